The Morgan fingerprint density at radius 1 is 1.58 bits per heavy atom. The lowest BCUT2D eigenvalue weighted by molar-refractivity contribution is 0.0669. The van der Waals surface area contributed by atoms with Gasteiger partial charge in [-0.15, -0.1) is 0 Å². The number of piperidine rings is 1. The highest BCUT2D eigenvalue weighted by atomic mass is 19.1. The average molecular weight is 266 g/mol. The number of aromatic hydroxyl groups is 1. The number of phenols is 1. The molecule has 1 aromatic rings. The quantitative estimate of drug-likeness (QED) is 0.874. The SMILES string of the molecule is CNCC1CCCN(C(=O)c2ccc(O)cc2F)C1. The molecule has 104 valence electrons. The molecule has 1 saturated heterocycles. The first-order chi connectivity index (χ1) is 9.11. The number of likely N-dealkylation sites (tertiary alicyclic amines) is 1. The third kappa shape index (κ3) is 3.23. The van der Waals surface area contributed by atoms with Crippen LogP contribution in [-0.4, -0.2) is 42.6 Å². The minimum atomic E-state index is -0.666. The van der Waals surface area contributed by atoms with Gasteiger partial charge in [0.25, 0.3) is 5.91 Å². The molecular weight excluding hydrogens is 247 g/mol. The van der Waals surface area contributed by atoms with Crippen molar-refractivity contribution in [3.05, 3.63) is 29.6 Å². The van der Waals surface area contributed by atoms with E-state index in [4.69, 9.17) is 5.11 Å². The van der Waals surface area contributed by atoms with E-state index in [9.17, 15) is 9.18 Å². The molecule has 1 heterocycles. The molecular formula is C14H19FN2O2. The number of hydrogen-bond donors (Lipinski definition) is 2. The number of nitrogens with zero attached hydrogens (tertiary/aromatic N) is 1. The van der Waals surface area contributed by atoms with Gasteiger partial charge in [-0.25, -0.2) is 4.39 Å². The first-order valence-electron chi connectivity index (χ1n) is 6.54. The van der Waals surface area contributed by atoms with Crippen molar-refractivity contribution in [2.24, 2.45) is 5.92 Å². The van der Waals surface area contributed by atoms with Crippen LogP contribution in [-0.2, 0) is 0 Å². The maximum Gasteiger partial charge on any atom is 0.256 e. The zero-order chi connectivity index (χ0) is 13.8. The number of hydrogen-bond acceptors (Lipinski definition) is 3. The molecule has 1 fully saturated rings. The molecule has 5 heteroatoms. The average Bonchev–Trinajstić information content (AvgIpc) is 2.39. The summed E-state index contributed by atoms with van der Waals surface area (Å²) < 4.78 is 13.7. The fourth-order valence-electron chi connectivity index (χ4n) is 2.55. The summed E-state index contributed by atoms with van der Waals surface area (Å²) in [5.74, 6) is -0.706. The van der Waals surface area contributed by atoms with Crippen LogP contribution in [0.2, 0.25) is 0 Å². The molecule has 1 aliphatic rings. The summed E-state index contributed by atoms with van der Waals surface area (Å²) in [5.41, 5.74) is 0.0305. The topological polar surface area (TPSA) is 52.6 Å². The van der Waals surface area contributed by atoms with E-state index in [-0.39, 0.29) is 17.2 Å². The first kappa shape index (κ1) is 13.8. The smallest absolute Gasteiger partial charge is 0.256 e. The van der Waals surface area contributed by atoms with Crippen molar-refractivity contribution in [1.29, 1.82) is 0 Å². The Kier molecular flexibility index (Phi) is 4.37. The number of carbonyl (C=O) groups is 1. The summed E-state index contributed by atoms with van der Waals surface area (Å²) in [7, 11) is 1.89. The molecule has 1 aliphatic heterocycles. The van der Waals surface area contributed by atoms with Crippen molar-refractivity contribution in [1.82, 2.24) is 10.2 Å². The Balaban J connectivity index is 2.10. The van der Waals surface area contributed by atoms with Crippen LogP contribution in [0.4, 0.5) is 4.39 Å². The van der Waals surface area contributed by atoms with E-state index in [1.54, 1.807) is 4.90 Å². The minimum absolute atomic E-state index is 0.0305. The molecule has 1 amide bonds. The molecule has 19 heavy (non-hydrogen) atoms. The van der Waals surface area contributed by atoms with Crippen LogP contribution in [0.25, 0.3) is 0 Å². The van der Waals surface area contributed by atoms with E-state index in [0.717, 1.165) is 25.5 Å². The van der Waals surface area contributed by atoms with E-state index in [0.29, 0.717) is 19.0 Å². The molecule has 0 bridgehead atoms. The Hall–Kier alpha value is -1.62. The van der Waals surface area contributed by atoms with Gasteiger partial charge in [0.15, 0.2) is 0 Å². The van der Waals surface area contributed by atoms with E-state index in [1.165, 1.54) is 12.1 Å². The van der Waals surface area contributed by atoms with E-state index in [2.05, 4.69) is 5.32 Å². The number of amides is 1. The number of halogens is 1. The lowest BCUT2D eigenvalue weighted by atomic mass is 9.97. The fraction of sp³-hybridized carbons (Fsp3) is 0.500. The summed E-state index contributed by atoms with van der Waals surface area (Å²) in [6.07, 6.45) is 2.03. The molecule has 2 rings (SSSR count). The van der Waals surface area contributed by atoms with Gasteiger partial charge in [0.1, 0.15) is 11.6 Å². The van der Waals surface area contributed by atoms with Gasteiger partial charge in [-0.3, -0.25) is 4.79 Å². The van der Waals surface area contributed by atoms with Crippen molar-refractivity contribution in [2.75, 3.05) is 26.7 Å². The van der Waals surface area contributed by atoms with Crippen molar-refractivity contribution in [3.8, 4) is 5.75 Å². The predicted molar refractivity (Wildman–Crippen MR) is 70.6 cm³/mol. The van der Waals surface area contributed by atoms with E-state index >= 15 is 0 Å². The number of carbonyl (C=O) groups excluding carboxylic acids is 1. The van der Waals surface area contributed by atoms with Crippen LogP contribution in [0.1, 0.15) is 23.2 Å². The van der Waals surface area contributed by atoms with Crippen LogP contribution >= 0.6 is 0 Å². The highest BCUT2D eigenvalue weighted by Gasteiger charge is 2.25. The van der Waals surface area contributed by atoms with Crippen LogP contribution in [0.3, 0.4) is 0 Å². The number of rotatable bonds is 3. The molecule has 1 atom stereocenters. The standard InChI is InChI=1S/C14H19FN2O2/c1-16-8-10-3-2-6-17(9-10)14(19)12-5-4-11(18)7-13(12)15/h4-5,7,10,16,18H,2-3,6,8-9H2,1H3. The number of benzene rings is 1. The molecule has 0 aromatic heterocycles. The minimum Gasteiger partial charge on any atom is -0.508 e. The number of phenolic OH excluding ortho intramolecular Hbond substituents is 1. The maximum atomic E-state index is 13.7. The first-order valence-corrected chi connectivity index (χ1v) is 6.54. The summed E-state index contributed by atoms with van der Waals surface area (Å²) in [4.78, 5) is 14.0. The molecule has 0 spiro atoms. The van der Waals surface area contributed by atoms with Crippen LogP contribution in [0, 0.1) is 11.7 Å². The van der Waals surface area contributed by atoms with E-state index < -0.39 is 5.82 Å². The monoisotopic (exact) mass is 266 g/mol. The van der Waals surface area contributed by atoms with Crippen molar-refractivity contribution in [3.63, 3.8) is 0 Å². The maximum absolute atomic E-state index is 13.7. The van der Waals surface area contributed by atoms with Gasteiger partial charge >= 0.3 is 0 Å². The second-order valence-electron chi connectivity index (χ2n) is 4.98. The zero-order valence-corrected chi connectivity index (χ0v) is 11.0. The molecule has 1 aromatic carbocycles. The Morgan fingerprint density at radius 3 is 3.05 bits per heavy atom. The summed E-state index contributed by atoms with van der Waals surface area (Å²) in [5, 5.41) is 12.3. The molecule has 0 aliphatic carbocycles. The highest BCUT2D eigenvalue weighted by molar-refractivity contribution is 5.94. The molecule has 4 nitrogen and oxygen atoms in total. The van der Waals surface area contributed by atoms with Crippen LogP contribution in [0.15, 0.2) is 18.2 Å². The van der Waals surface area contributed by atoms with Gasteiger partial charge in [0.05, 0.1) is 5.56 Å². The van der Waals surface area contributed by atoms with Gasteiger partial charge in [0.2, 0.25) is 0 Å². The van der Waals surface area contributed by atoms with Crippen LogP contribution in [0.5, 0.6) is 5.75 Å². The van der Waals surface area contributed by atoms with Gasteiger partial charge in [0, 0.05) is 19.2 Å². The zero-order valence-electron chi connectivity index (χ0n) is 11.0. The fourth-order valence-corrected chi connectivity index (χ4v) is 2.55. The molecule has 0 radical (unpaired) electrons. The van der Waals surface area contributed by atoms with Gasteiger partial charge < -0.3 is 15.3 Å². The van der Waals surface area contributed by atoms with Crippen molar-refractivity contribution < 1.29 is 14.3 Å². The third-order valence-electron chi connectivity index (χ3n) is 3.48. The molecule has 0 saturated carbocycles. The van der Waals surface area contributed by atoms with Gasteiger partial charge in [-0.1, -0.05) is 0 Å². The van der Waals surface area contributed by atoms with Crippen molar-refractivity contribution >= 4 is 5.91 Å². The second kappa shape index (κ2) is 6.02. The Bertz CT molecular complexity index is 463. The van der Waals surface area contributed by atoms with Gasteiger partial charge in [-0.2, -0.15) is 0 Å². The summed E-state index contributed by atoms with van der Waals surface area (Å²) >= 11 is 0. The predicted octanol–water partition coefficient (Wildman–Crippen LogP) is 1.60. The van der Waals surface area contributed by atoms with Crippen molar-refractivity contribution in [2.45, 2.75) is 12.8 Å². The summed E-state index contributed by atoms with van der Waals surface area (Å²) in [6.45, 7) is 2.18. The van der Waals surface area contributed by atoms with Crippen LogP contribution < -0.4 is 5.32 Å². The lowest BCUT2D eigenvalue weighted by Gasteiger charge is -2.32. The molecule has 2 N–H and O–H groups in total. The largest absolute Gasteiger partial charge is 0.508 e. The van der Waals surface area contributed by atoms with E-state index in [1.807, 2.05) is 7.05 Å². The number of nitrogens with one attached hydrogen (secondary N) is 1. The molecule has 1 unspecified atom stereocenters. The Morgan fingerprint density at radius 2 is 2.37 bits per heavy atom. The third-order valence-corrected chi connectivity index (χ3v) is 3.48. The second-order valence-corrected chi connectivity index (χ2v) is 4.98. The lowest BCUT2D eigenvalue weighted by Crippen LogP contribution is -2.42. The highest BCUT2D eigenvalue weighted by Crippen LogP contribution is 2.21. The summed E-state index contributed by atoms with van der Waals surface area (Å²) in [6, 6.07) is 3.66. The normalized spacial score (nSPS) is 19.5. The van der Waals surface area contributed by atoms with Gasteiger partial charge in [-0.05, 0) is 44.5 Å². The Labute approximate surface area is 112 Å².